The quantitative estimate of drug-likeness (QED) is 0.0805. The van der Waals surface area contributed by atoms with Crippen LogP contribution in [0, 0.1) is 0 Å². The highest BCUT2D eigenvalue weighted by molar-refractivity contribution is 7.43. The molecule has 64 heavy (non-hydrogen) atoms. The minimum atomic E-state index is -2.04. The van der Waals surface area contributed by atoms with Crippen LogP contribution in [0.1, 0.15) is 66.8 Å². The fourth-order valence-corrected chi connectivity index (χ4v) is 9.28. The smallest absolute Gasteiger partial charge is 0.408 e. The predicted molar refractivity (Wildman–Crippen MR) is 264 cm³/mol. The molecule has 0 heterocycles. The van der Waals surface area contributed by atoms with Crippen molar-refractivity contribution in [3.8, 4) is 17.2 Å². The first-order valence-corrected chi connectivity index (χ1v) is 23.2. The first-order chi connectivity index (χ1) is 31.6. The first kappa shape index (κ1) is 42.1. The van der Waals surface area contributed by atoms with Crippen LogP contribution in [-0.4, -0.2) is 0 Å². The van der Waals surface area contributed by atoms with Gasteiger partial charge in [0.15, 0.2) is 0 Å². The molecule has 0 aliphatic carbocycles. The predicted octanol–water partition coefficient (Wildman–Crippen LogP) is 15.0. The molecule has 9 rings (SSSR count). The van der Waals surface area contributed by atoms with E-state index in [2.05, 4.69) is 237 Å². The van der Waals surface area contributed by atoms with E-state index >= 15 is 0 Å². The molecule has 0 saturated carbocycles. The SMILES string of the molecule is c1ccc(Cc2ccc(OP(Oc3ccc(Cc4ccccc4)cc3Cc3ccccc3)Oc3ccc(Cc4ccccc4)cc3Cc3ccccc3)c(Cc3ccccc3)c2)cc1. The Kier molecular flexibility index (Phi) is 14.0. The third-order valence-corrected chi connectivity index (χ3v) is 12.4. The lowest BCUT2D eigenvalue weighted by Crippen LogP contribution is -2.08. The van der Waals surface area contributed by atoms with Gasteiger partial charge in [-0.15, -0.1) is 0 Å². The van der Waals surface area contributed by atoms with Crippen molar-refractivity contribution in [2.45, 2.75) is 38.5 Å². The summed E-state index contributed by atoms with van der Waals surface area (Å²) in [6, 6.07) is 83.2. The van der Waals surface area contributed by atoms with E-state index < -0.39 is 8.60 Å². The second-order valence-electron chi connectivity index (χ2n) is 16.3. The Balaban J connectivity index is 1.11. The maximum atomic E-state index is 7.11. The number of hydrogen-bond donors (Lipinski definition) is 0. The summed E-state index contributed by atoms with van der Waals surface area (Å²) in [6.07, 6.45) is 4.55. The molecular formula is C60H51O3P. The maximum absolute atomic E-state index is 7.11. The molecular weight excluding hydrogens is 800 g/mol. The normalized spacial score (nSPS) is 11.0. The van der Waals surface area contributed by atoms with Gasteiger partial charge in [-0.3, -0.25) is 0 Å². The van der Waals surface area contributed by atoms with Crippen molar-refractivity contribution in [2.24, 2.45) is 0 Å². The molecule has 3 nitrogen and oxygen atoms in total. The van der Waals surface area contributed by atoms with E-state index in [1.807, 2.05) is 0 Å². The van der Waals surface area contributed by atoms with Crippen LogP contribution in [0.4, 0.5) is 0 Å². The minimum Gasteiger partial charge on any atom is -0.408 e. The van der Waals surface area contributed by atoms with Crippen LogP contribution in [0.3, 0.4) is 0 Å². The van der Waals surface area contributed by atoms with Crippen LogP contribution in [0.2, 0.25) is 0 Å². The van der Waals surface area contributed by atoms with E-state index in [1.165, 1.54) is 50.1 Å². The Morgan fingerprint density at radius 3 is 0.672 bits per heavy atom. The molecule has 0 atom stereocenters. The van der Waals surface area contributed by atoms with Gasteiger partial charge in [0.05, 0.1) is 0 Å². The summed E-state index contributed by atoms with van der Waals surface area (Å²) in [5, 5.41) is 0. The van der Waals surface area contributed by atoms with Crippen molar-refractivity contribution >= 4 is 8.60 Å². The maximum Gasteiger partial charge on any atom is 0.530 e. The highest BCUT2D eigenvalue weighted by atomic mass is 31.2. The van der Waals surface area contributed by atoms with Gasteiger partial charge in [-0.1, -0.05) is 218 Å². The molecule has 0 spiro atoms. The van der Waals surface area contributed by atoms with Crippen molar-refractivity contribution in [3.63, 3.8) is 0 Å². The summed E-state index contributed by atoms with van der Waals surface area (Å²) in [4.78, 5) is 0. The Labute approximate surface area is 379 Å². The molecule has 0 fully saturated rings. The standard InChI is InChI=1S/C60H51O3P/c1-7-19-46(20-8-1)37-52-31-34-58(55(43-52)40-49-25-13-4-14-26-49)61-64(62-59-35-32-53(38-47-21-9-2-10-22-47)44-56(59)41-50-27-15-5-16-28-50)63-60-36-33-54(39-48-23-11-3-12-24-48)45-57(60)42-51-29-17-6-18-30-51/h1-36,43-45H,37-42H2. The fourth-order valence-electron chi connectivity index (χ4n) is 8.15. The molecule has 9 aromatic rings. The van der Waals surface area contributed by atoms with Crippen molar-refractivity contribution in [1.29, 1.82) is 0 Å². The zero-order valence-corrected chi connectivity index (χ0v) is 36.8. The van der Waals surface area contributed by atoms with Crippen LogP contribution >= 0.6 is 8.60 Å². The molecule has 0 N–H and O–H groups in total. The molecule has 4 heteroatoms. The summed E-state index contributed by atoms with van der Waals surface area (Å²) in [5.41, 5.74) is 14.3. The Bertz CT molecular complexity index is 2520. The summed E-state index contributed by atoms with van der Waals surface area (Å²) in [7, 11) is -2.04. The first-order valence-electron chi connectivity index (χ1n) is 22.1. The average Bonchev–Trinajstić information content (AvgIpc) is 3.33. The van der Waals surface area contributed by atoms with Gasteiger partial charge in [-0.25, -0.2) is 0 Å². The zero-order chi connectivity index (χ0) is 43.2. The Hall–Kier alpha value is -7.19. The molecule has 0 aromatic heterocycles. The van der Waals surface area contributed by atoms with Crippen LogP contribution in [-0.2, 0) is 38.5 Å². The molecule has 0 amide bonds. The minimum absolute atomic E-state index is 0.697. The molecule has 0 saturated heterocycles. The largest absolute Gasteiger partial charge is 0.530 e. The van der Waals surface area contributed by atoms with Crippen LogP contribution in [0.5, 0.6) is 17.2 Å². The summed E-state index contributed by atoms with van der Waals surface area (Å²) < 4.78 is 21.3. The van der Waals surface area contributed by atoms with Gasteiger partial charge >= 0.3 is 8.60 Å². The Morgan fingerprint density at radius 1 is 0.219 bits per heavy atom. The lowest BCUT2D eigenvalue weighted by Gasteiger charge is -2.23. The van der Waals surface area contributed by atoms with Gasteiger partial charge in [0, 0.05) is 19.3 Å². The fraction of sp³-hybridized carbons (Fsp3) is 0.100. The highest BCUT2D eigenvalue weighted by Gasteiger charge is 2.25. The molecule has 0 unspecified atom stereocenters. The van der Waals surface area contributed by atoms with E-state index in [-0.39, 0.29) is 0 Å². The summed E-state index contributed by atoms with van der Waals surface area (Å²) >= 11 is 0. The van der Waals surface area contributed by atoms with Crippen molar-refractivity contribution in [1.82, 2.24) is 0 Å². The number of benzene rings is 9. The molecule has 314 valence electrons. The second kappa shape index (κ2) is 21.3. The van der Waals surface area contributed by atoms with Gasteiger partial charge in [-0.05, 0) is 104 Å². The van der Waals surface area contributed by atoms with E-state index in [9.17, 15) is 0 Å². The third-order valence-electron chi connectivity index (χ3n) is 11.4. The monoisotopic (exact) mass is 850 g/mol. The molecule has 9 aromatic carbocycles. The third kappa shape index (κ3) is 11.8. The number of hydrogen-bond acceptors (Lipinski definition) is 3. The van der Waals surface area contributed by atoms with E-state index in [0.29, 0.717) is 19.3 Å². The van der Waals surface area contributed by atoms with E-state index in [0.717, 1.165) is 53.2 Å². The molecule has 0 aliphatic heterocycles. The lowest BCUT2D eigenvalue weighted by atomic mass is 9.98. The number of rotatable bonds is 18. The van der Waals surface area contributed by atoms with Crippen LogP contribution < -0.4 is 13.6 Å². The van der Waals surface area contributed by atoms with E-state index in [1.54, 1.807) is 0 Å². The van der Waals surface area contributed by atoms with Crippen molar-refractivity contribution in [3.05, 3.63) is 303 Å². The zero-order valence-electron chi connectivity index (χ0n) is 35.9. The van der Waals surface area contributed by atoms with E-state index in [4.69, 9.17) is 13.6 Å². The summed E-state index contributed by atoms with van der Waals surface area (Å²) in [5.74, 6) is 2.21. The van der Waals surface area contributed by atoms with Crippen molar-refractivity contribution in [2.75, 3.05) is 0 Å². The van der Waals surface area contributed by atoms with Crippen LogP contribution in [0.15, 0.2) is 237 Å². The van der Waals surface area contributed by atoms with Gasteiger partial charge < -0.3 is 13.6 Å². The van der Waals surface area contributed by atoms with Gasteiger partial charge in [0.2, 0.25) is 0 Å². The van der Waals surface area contributed by atoms with Gasteiger partial charge in [0.1, 0.15) is 17.2 Å². The Morgan fingerprint density at radius 2 is 0.438 bits per heavy atom. The second-order valence-corrected chi connectivity index (χ2v) is 17.3. The topological polar surface area (TPSA) is 27.7 Å². The summed E-state index contributed by atoms with van der Waals surface area (Å²) in [6.45, 7) is 0. The van der Waals surface area contributed by atoms with Crippen LogP contribution in [0.25, 0.3) is 0 Å². The van der Waals surface area contributed by atoms with Gasteiger partial charge in [-0.2, -0.15) is 0 Å². The molecule has 0 radical (unpaired) electrons. The van der Waals surface area contributed by atoms with Crippen molar-refractivity contribution < 1.29 is 13.6 Å². The average molecular weight is 851 g/mol. The molecule has 0 aliphatic rings. The molecule has 0 bridgehead atoms. The highest BCUT2D eigenvalue weighted by Crippen LogP contribution is 2.46. The lowest BCUT2D eigenvalue weighted by molar-refractivity contribution is 0.383. The van der Waals surface area contributed by atoms with Gasteiger partial charge in [0.25, 0.3) is 0 Å².